The van der Waals surface area contributed by atoms with Crippen LogP contribution in [0, 0.1) is 5.92 Å². The molecule has 0 spiro atoms. The number of H-pyrrole nitrogens is 1. The number of imidazole rings is 1. The summed E-state index contributed by atoms with van der Waals surface area (Å²) in [5, 5.41) is 22.4. The molecule has 8 amide bonds. The third-order valence-corrected chi connectivity index (χ3v) is 11.8. The van der Waals surface area contributed by atoms with Crippen molar-refractivity contribution in [2.24, 2.45) is 17.4 Å². The standard InChI is InChI=1S/C43H68N11O16PS/c1-25(2)17-31(40(60)49-32(18-28-20-46-24-48-28)41(61)51-33(22-55)42(62)52-37(38(45)58)26(3)70-71(64,65)66)50-43(63)34-19-29(69-53-35(56)10-9-27-7-5-4-6-8-27)21-54(34)36(57)11-13-67-15-16-68-14-12-47-39(59)30(44)23-72/h4-8,20,24-26,29-34,37,55,72H,9-19,21-23,44H2,1-3H3,(H2,45,58)(H,46,48)(H,47,59)(H,49,60)(H,50,63)(H,51,61)(H,52,62)(H,53,56)(H2,64,65,66)/t26?,29-,30+,31+,32+,33+,34+,37+/m1/s1. The average molecular weight is 1060 g/mol. The molecule has 3 rings (SSSR count). The SMILES string of the molecule is CC(C)C[C@H](NC(=O)[C@@H]1C[C@@H](ONC(=O)CCc2ccccc2)CN1C(=O)CCOCCOCCNC(=O)[C@@H](N)CS)C(=O)N[C@@H](Cc1cnc[nH]1)C(=O)N[C@@H](CO)C(=O)N[C@H](C(N)=O)C(C)OP(=O)(O)O. The number of phosphoric acid groups is 1. The minimum absolute atomic E-state index is 0.0323. The number of ether oxygens (including phenoxy) is 2. The second-order valence-electron chi connectivity index (χ2n) is 17.1. The summed E-state index contributed by atoms with van der Waals surface area (Å²) in [7, 11) is -5.15. The van der Waals surface area contributed by atoms with Gasteiger partial charge in [0.15, 0.2) is 0 Å². The fourth-order valence-electron chi connectivity index (χ4n) is 7.08. The van der Waals surface area contributed by atoms with E-state index in [4.69, 9.17) is 25.8 Å². The van der Waals surface area contributed by atoms with E-state index in [1.165, 1.54) is 17.4 Å². The van der Waals surface area contributed by atoms with Gasteiger partial charge in [0.25, 0.3) is 0 Å². The monoisotopic (exact) mass is 1060 g/mol. The fraction of sp³-hybridized carbons (Fsp3) is 0.605. The summed E-state index contributed by atoms with van der Waals surface area (Å²) in [4.78, 5) is 138. The van der Waals surface area contributed by atoms with Gasteiger partial charge < -0.3 is 72.3 Å². The average Bonchev–Trinajstić information content (AvgIpc) is 4.02. The van der Waals surface area contributed by atoms with Crippen LogP contribution in [0.25, 0.3) is 0 Å². The van der Waals surface area contributed by atoms with Crippen molar-refractivity contribution in [2.45, 2.75) is 108 Å². The molecule has 2 aromatic rings. The minimum atomic E-state index is -5.15. The summed E-state index contributed by atoms with van der Waals surface area (Å²) in [5.41, 5.74) is 14.6. The van der Waals surface area contributed by atoms with Gasteiger partial charge in [-0.05, 0) is 31.2 Å². The van der Waals surface area contributed by atoms with E-state index in [-0.39, 0.29) is 89.2 Å². The van der Waals surface area contributed by atoms with Crippen molar-refractivity contribution < 1.29 is 76.6 Å². The number of hydrogen-bond acceptors (Lipinski definition) is 17. The van der Waals surface area contributed by atoms with Crippen LogP contribution in [0.5, 0.6) is 0 Å². The van der Waals surface area contributed by atoms with Gasteiger partial charge in [0.2, 0.25) is 47.3 Å². The highest BCUT2D eigenvalue weighted by Gasteiger charge is 2.42. The van der Waals surface area contributed by atoms with Crippen molar-refractivity contribution in [3.05, 3.63) is 54.1 Å². The molecule has 0 bridgehead atoms. The van der Waals surface area contributed by atoms with Crippen molar-refractivity contribution in [1.82, 2.24) is 46.9 Å². The second-order valence-corrected chi connectivity index (χ2v) is 18.6. The van der Waals surface area contributed by atoms with Crippen LogP contribution in [0.15, 0.2) is 42.9 Å². The van der Waals surface area contributed by atoms with Crippen molar-refractivity contribution >= 4 is 67.7 Å². The second kappa shape index (κ2) is 31.1. The number of aromatic nitrogens is 2. The lowest BCUT2D eigenvalue weighted by atomic mass is 10.0. The predicted molar refractivity (Wildman–Crippen MR) is 257 cm³/mol. The highest BCUT2D eigenvalue weighted by atomic mass is 32.1. The number of phosphoric ester groups is 1. The highest BCUT2D eigenvalue weighted by molar-refractivity contribution is 7.80. The molecule has 1 aromatic carbocycles. The molecule has 0 aliphatic carbocycles. The molecule has 402 valence electrons. The van der Waals surface area contributed by atoms with E-state index in [9.17, 15) is 57.8 Å². The van der Waals surface area contributed by atoms with Crippen LogP contribution in [0.1, 0.15) is 57.7 Å². The van der Waals surface area contributed by atoms with Gasteiger partial charge in [-0.3, -0.25) is 47.7 Å². The Labute approximate surface area is 421 Å². The number of nitrogens with zero attached hydrogens (tertiary/aromatic N) is 2. The molecular formula is C43H68N11O16PS. The van der Waals surface area contributed by atoms with Crippen LogP contribution in [0.3, 0.4) is 0 Å². The molecule has 1 unspecified atom stereocenters. The van der Waals surface area contributed by atoms with Gasteiger partial charge >= 0.3 is 7.82 Å². The van der Waals surface area contributed by atoms with E-state index >= 15 is 0 Å². The molecule has 1 saturated heterocycles. The Kier molecular flexibility index (Phi) is 26.3. The lowest BCUT2D eigenvalue weighted by Gasteiger charge is -2.28. The number of likely N-dealkylation sites (tertiary alicyclic amines) is 1. The number of rotatable bonds is 33. The normalized spacial score (nSPS) is 17.2. The first-order chi connectivity index (χ1) is 34.1. The first-order valence-electron chi connectivity index (χ1n) is 23.0. The van der Waals surface area contributed by atoms with E-state index in [1.807, 2.05) is 30.3 Å². The number of aryl methyl sites for hydroxylation is 1. The lowest BCUT2D eigenvalue weighted by molar-refractivity contribution is -0.141. The van der Waals surface area contributed by atoms with Crippen LogP contribution >= 0.6 is 20.5 Å². The van der Waals surface area contributed by atoms with Crippen molar-refractivity contribution in [3.8, 4) is 0 Å². The molecule has 1 fully saturated rings. The lowest BCUT2D eigenvalue weighted by Crippen LogP contribution is -2.61. The van der Waals surface area contributed by atoms with E-state index in [2.05, 4.69) is 59.2 Å². The molecule has 0 saturated carbocycles. The molecule has 1 aliphatic rings. The molecule has 1 aromatic heterocycles. The van der Waals surface area contributed by atoms with Gasteiger partial charge in [-0.25, -0.2) is 15.0 Å². The van der Waals surface area contributed by atoms with Gasteiger partial charge in [-0.1, -0.05) is 44.2 Å². The van der Waals surface area contributed by atoms with Crippen LogP contribution < -0.4 is 43.5 Å². The number of thiol groups is 1. The van der Waals surface area contributed by atoms with Crippen LogP contribution in [-0.4, -0.2) is 177 Å². The number of benzene rings is 1. The minimum Gasteiger partial charge on any atom is -0.394 e. The van der Waals surface area contributed by atoms with E-state index in [0.29, 0.717) is 12.1 Å². The molecular weight excluding hydrogens is 990 g/mol. The number of hydroxylamine groups is 1. The van der Waals surface area contributed by atoms with Gasteiger partial charge in [-0.2, -0.15) is 12.6 Å². The number of primary amides is 1. The number of nitrogens with two attached hydrogens (primary N) is 2. The molecule has 1 aliphatic heterocycles. The molecule has 29 heteroatoms. The topological polar surface area (TPSA) is 407 Å². The third kappa shape index (κ3) is 22.1. The number of aliphatic hydroxyl groups excluding tert-OH is 1. The number of carbonyl (C=O) groups is 8. The summed E-state index contributed by atoms with van der Waals surface area (Å²) < 4.78 is 26.9. The predicted octanol–water partition coefficient (Wildman–Crippen LogP) is -3.64. The largest absolute Gasteiger partial charge is 0.469 e. The Morgan fingerprint density at radius 1 is 0.889 bits per heavy atom. The number of carbonyl (C=O) groups excluding carboxylic acids is 8. The van der Waals surface area contributed by atoms with Crippen LogP contribution in [0.4, 0.5) is 0 Å². The van der Waals surface area contributed by atoms with E-state index < -0.39 is 104 Å². The van der Waals surface area contributed by atoms with Crippen molar-refractivity contribution in [3.63, 3.8) is 0 Å². The Balaban J connectivity index is 1.74. The Hall–Kier alpha value is -5.55. The maximum atomic E-state index is 14.2. The number of amides is 8. The zero-order valence-electron chi connectivity index (χ0n) is 40.2. The quantitative estimate of drug-likeness (QED) is 0.0142. The molecule has 14 N–H and O–H groups in total. The van der Waals surface area contributed by atoms with Gasteiger partial charge in [0.05, 0.1) is 64.5 Å². The number of nitrogens with one attached hydrogen (secondary N) is 7. The fourth-order valence-corrected chi connectivity index (χ4v) is 7.80. The maximum absolute atomic E-state index is 14.2. The number of aliphatic hydroxyl groups is 1. The van der Waals surface area contributed by atoms with E-state index in [0.717, 1.165) is 12.5 Å². The molecule has 0 radical (unpaired) electrons. The summed E-state index contributed by atoms with van der Waals surface area (Å²) >= 11 is 3.99. The summed E-state index contributed by atoms with van der Waals surface area (Å²) in [6.45, 7) is 4.01. The number of aromatic amines is 1. The molecule has 27 nitrogen and oxygen atoms in total. The molecule has 8 atom stereocenters. The summed E-state index contributed by atoms with van der Waals surface area (Å²) in [6, 6.07) is 0.914. The molecule has 72 heavy (non-hydrogen) atoms. The van der Waals surface area contributed by atoms with Gasteiger partial charge in [0.1, 0.15) is 36.3 Å². The highest BCUT2D eigenvalue weighted by Crippen LogP contribution is 2.38. The first kappa shape index (κ1) is 60.8. The Morgan fingerprint density at radius 2 is 1.54 bits per heavy atom. The van der Waals surface area contributed by atoms with Crippen molar-refractivity contribution in [1.29, 1.82) is 0 Å². The van der Waals surface area contributed by atoms with Gasteiger partial charge in [0, 0.05) is 43.5 Å². The smallest absolute Gasteiger partial charge is 0.394 e. The maximum Gasteiger partial charge on any atom is 0.469 e. The first-order valence-corrected chi connectivity index (χ1v) is 25.2. The van der Waals surface area contributed by atoms with Gasteiger partial charge in [-0.15, -0.1) is 0 Å². The zero-order valence-corrected chi connectivity index (χ0v) is 42.0. The van der Waals surface area contributed by atoms with Crippen molar-refractivity contribution in [2.75, 3.05) is 51.9 Å². The summed E-state index contributed by atoms with van der Waals surface area (Å²) in [5.74, 6) is -6.44. The Morgan fingerprint density at radius 3 is 2.15 bits per heavy atom. The number of hydrogen-bond donors (Lipinski definition) is 13. The summed E-state index contributed by atoms with van der Waals surface area (Å²) in [6.07, 6.45) is 0.203. The van der Waals surface area contributed by atoms with Crippen LogP contribution in [0.2, 0.25) is 0 Å². The van der Waals surface area contributed by atoms with E-state index in [1.54, 1.807) is 13.8 Å². The van der Waals surface area contributed by atoms with Crippen LogP contribution in [-0.2, 0) is 74.6 Å². The Bertz CT molecular complexity index is 2120. The third-order valence-electron chi connectivity index (χ3n) is 10.8. The zero-order chi connectivity index (χ0) is 53.4. The molecule has 2 heterocycles.